The highest BCUT2D eigenvalue weighted by Gasteiger charge is 2.29. The zero-order chi connectivity index (χ0) is 16.3. The lowest BCUT2D eigenvalue weighted by molar-refractivity contribution is -0.385. The average molecular weight is 310 g/mol. The quantitative estimate of drug-likeness (QED) is 0.642. The monoisotopic (exact) mass is 310 g/mol. The van der Waals surface area contributed by atoms with Crippen LogP contribution in [0.3, 0.4) is 0 Å². The topological polar surface area (TPSA) is 84.4 Å². The van der Waals surface area contributed by atoms with Crippen LogP contribution in [0.1, 0.15) is 40.0 Å². The molecule has 0 amide bonds. The van der Waals surface area contributed by atoms with E-state index < -0.39 is 11.0 Å². The Balaban J connectivity index is 1.87. The van der Waals surface area contributed by atoms with Crippen molar-refractivity contribution in [3.63, 3.8) is 0 Å². The molecule has 1 aromatic rings. The Kier molecular flexibility index (Phi) is 5.18. The zero-order valence-corrected chi connectivity index (χ0v) is 13.6. The summed E-state index contributed by atoms with van der Waals surface area (Å²) < 4.78 is 1.44. The molecule has 1 aliphatic heterocycles. The van der Waals surface area contributed by atoms with Gasteiger partial charge >= 0.3 is 5.69 Å². The van der Waals surface area contributed by atoms with E-state index in [9.17, 15) is 15.2 Å². The minimum Gasteiger partial charge on any atom is -0.390 e. The van der Waals surface area contributed by atoms with Crippen LogP contribution < -0.4 is 0 Å². The fraction of sp³-hybridized carbons (Fsp3) is 0.800. The molecule has 1 N–H and O–H groups in total. The summed E-state index contributed by atoms with van der Waals surface area (Å²) in [5, 5.41) is 24.8. The standard InChI is InChI=1S/C15H26N4O3/c1-15(2,3)7-12-5-4-6-17(12)10-14(20)11-18-9-13(8-16-18)19(21)22/h8-9,12,14,20H,4-7,10-11H2,1-3H3. The van der Waals surface area contributed by atoms with Gasteiger partial charge in [0.15, 0.2) is 0 Å². The number of aromatic nitrogens is 2. The van der Waals surface area contributed by atoms with Gasteiger partial charge < -0.3 is 5.11 Å². The number of hydrogen-bond acceptors (Lipinski definition) is 5. The molecule has 1 aromatic heterocycles. The van der Waals surface area contributed by atoms with Gasteiger partial charge in [0, 0.05) is 12.6 Å². The van der Waals surface area contributed by atoms with Crippen LogP contribution in [0.5, 0.6) is 0 Å². The lowest BCUT2D eigenvalue weighted by Gasteiger charge is -2.31. The van der Waals surface area contributed by atoms with Crippen LogP contribution in [0.25, 0.3) is 0 Å². The molecular formula is C15H26N4O3. The van der Waals surface area contributed by atoms with Crippen molar-refractivity contribution in [3.05, 3.63) is 22.5 Å². The van der Waals surface area contributed by atoms with Crippen molar-refractivity contribution < 1.29 is 10.0 Å². The van der Waals surface area contributed by atoms with E-state index in [1.807, 2.05) is 0 Å². The van der Waals surface area contributed by atoms with Gasteiger partial charge in [-0.2, -0.15) is 5.10 Å². The van der Waals surface area contributed by atoms with E-state index in [1.54, 1.807) is 0 Å². The number of nitro groups is 1. The van der Waals surface area contributed by atoms with Gasteiger partial charge in [0.2, 0.25) is 0 Å². The maximum Gasteiger partial charge on any atom is 0.306 e. The van der Waals surface area contributed by atoms with E-state index in [0.717, 1.165) is 13.0 Å². The molecular weight excluding hydrogens is 284 g/mol. The Morgan fingerprint density at radius 3 is 2.82 bits per heavy atom. The third-order valence-corrected chi connectivity index (χ3v) is 4.02. The normalized spacial score (nSPS) is 21.2. The minimum absolute atomic E-state index is 0.0426. The summed E-state index contributed by atoms with van der Waals surface area (Å²) in [6.07, 6.45) is 5.47. The van der Waals surface area contributed by atoms with Gasteiger partial charge in [-0.25, -0.2) is 0 Å². The zero-order valence-electron chi connectivity index (χ0n) is 13.6. The van der Waals surface area contributed by atoms with Crippen LogP contribution in [0.2, 0.25) is 0 Å². The Bertz CT molecular complexity index is 509. The summed E-state index contributed by atoms with van der Waals surface area (Å²) in [4.78, 5) is 12.5. The van der Waals surface area contributed by atoms with Crippen molar-refractivity contribution in [3.8, 4) is 0 Å². The number of nitrogens with zero attached hydrogens (tertiary/aromatic N) is 4. The highest BCUT2D eigenvalue weighted by atomic mass is 16.6. The molecule has 124 valence electrons. The molecule has 0 spiro atoms. The van der Waals surface area contributed by atoms with Crippen LogP contribution in [0, 0.1) is 15.5 Å². The van der Waals surface area contributed by atoms with Crippen molar-refractivity contribution >= 4 is 5.69 Å². The predicted octanol–water partition coefficient (Wildman–Crippen LogP) is 2.05. The molecule has 22 heavy (non-hydrogen) atoms. The molecule has 2 rings (SSSR count). The van der Waals surface area contributed by atoms with E-state index in [1.165, 1.54) is 29.9 Å². The number of aliphatic hydroxyl groups excluding tert-OH is 1. The molecule has 1 saturated heterocycles. The predicted molar refractivity (Wildman–Crippen MR) is 83.6 cm³/mol. The lowest BCUT2D eigenvalue weighted by Crippen LogP contribution is -2.39. The Labute approximate surface area is 131 Å². The van der Waals surface area contributed by atoms with E-state index in [0.29, 0.717) is 12.6 Å². The SMILES string of the molecule is CC(C)(C)CC1CCCN1CC(O)Cn1cc([N+](=O)[O-])cn1. The number of rotatable bonds is 6. The number of likely N-dealkylation sites (tertiary alicyclic amines) is 1. The summed E-state index contributed by atoms with van der Waals surface area (Å²) >= 11 is 0. The highest BCUT2D eigenvalue weighted by Crippen LogP contribution is 2.29. The molecule has 0 bridgehead atoms. The van der Waals surface area contributed by atoms with Gasteiger partial charge in [-0.15, -0.1) is 0 Å². The van der Waals surface area contributed by atoms with Gasteiger partial charge in [-0.3, -0.25) is 19.7 Å². The summed E-state index contributed by atoms with van der Waals surface area (Å²) in [6.45, 7) is 8.60. The van der Waals surface area contributed by atoms with E-state index in [4.69, 9.17) is 0 Å². The second-order valence-corrected chi connectivity index (χ2v) is 7.39. The second-order valence-electron chi connectivity index (χ2n) is 7.39. The second kappa shape index (κ2) is 6.75. The summed E-state index contributed by atoms with van der Waals surface area (Å²) in [6, 6.07) is 0.515. The van der Waals surface area contributed by atoms with Crippen molar-refractivity contribution in [2.24, 2.45) is 5.41 Å². The van der Waals surface area contributed by atoms with Gasteiger partial charge in [0.1, 0.15) is 12.4 Å². The summed E-state index contributed by atoms with van der Waals surface area (Å²) in [7, 11) is 0. The van der Waals surface area contributed by atoms with Gasteiger partial charge in [0.05, 0.1) is 17.6 Å². The molecule has 2 heterocycles. The number of hydrogen-bond donors (Lipinski definition) is 1. The van der Waals surface area contributed by atoms with Gasteiger partial charge in [-0.1, -0.05) is 20.8 Å². The number of β-amino-alcohol motifs (C(OH)–C–C–N with tert-alkyl or cyclic N) is 1. The van der Waals surface area contributed by atoms with E-state index in [2.05, 4.69) is 30.8 Å². The van der Waals surface area contributed by atoms with Crippen LogP contribution in [0.15, 0.2) is 12.4 Å². The molecule has 7 heteroatoms. The highest BCUT2D eigenvalue weighted by molar-refractivity contribution is 5.20. The van der Waals surface area contributed by atoms with E-state index in [-0.39, 0.29) is 17.6 Å². The third-order valence-electron chi connectivity index (χ3n) is 4.02. The maximum atomic E-state index is 10.6. The first-order chi connectivity index (χ1) is 10.2. The average Bonchev–Trinajstić information content (AvgIpc) is 2.98. The first kappa shape index (κ1) is 16.9. The Morgan fingerprint density at radius 2 is 2.23 bits per heavy atom. The number of aliphatic hydroxyl groups is 1. The Hall–Kier alpha value is -1.47. The van der Waals surface area contributed by atoms with Crippen LogP contribution in [-0.2, 0) is 6.54 Å². The molecule has 7 nitrogen and oxygen atoms in total. The van der Waals surface area contributed by atoms with Crippen molar-refractivity contribution in [1.82, 2.24) is 14.7 Å². The molecule has 0 saturated carbocycles. The molecule has 2 unspecified atom stereocenters. The van der Waals surface area contributed by atoms with Crippen molar-refractivity contribution in [1.29, 1.82) is 0 Å². The molecule has 0 aromatic carbocycles. The fourth-order valence-electron chi connectivity index (χ4n) is 3.16. The van der Waals surface area contributed by atoms with Crippen LogP contribution in [-0.4, -0.2) is 49.9 Å². The maximum absolute atomic E-state index is 10.6. The lowest BCUT2D eigenvalue weighted by atomic mass is 9.87. The summed E-state index contributed by atoms with van der Waals surface area (Å²) in [5.74, 6) is 0. The van der Waals surface area contributed by atoms with E-state index >= 15 is 0 Å². The summed E-state index contributed by atoms with van der Waals surface area (Å²) in [5.41, 5.74) is 0.236. The third kappa shape index (κ3) is 4.78. The van der Waals surface area contributed by atoms with Gasteiger partial charge in [-0.05, 0) is 31.2 Å². The van der Waals surface area contributed by atoms with Crippen LogP contribution in [0.4, 0.5) is 5.69 Å². The smallest absolute Gasteiger partial charge is 0.306 e. The molecule has 0 radical (unpaired) electrons. The van der Waals surface area contributed by atoms with Crippen LogP contribution >= 0.6 is 0 Å². The first-order valence-corrected chi connectivity index (χ1v) is 7.83. The minimum atomic E-state index is -0.569. The fourth-order valence-corrected chi connectivity index (χ4v) is 3.16. The van der Waals surface area contributed by atoms with Gasteiger partial charge in [0.25, 0.3) is 0 Å². The molecule has 2 atom stereocenters. The molecule has 1 aliphatic rings. The van der Waals surface area contributed by atoms with Crippen molar-refractivity contribution in [2.75, 3.05) is 13.1 Å². The molecule has 0 aliphatic carbocycles. The van der Waals surface area contributed by atoms with Crippen molar-refractivity contribution in [2.45, 2.75) is 58.7 Å². The first-order valence-electron chi connectivity index (χ1n) is 7.83. The largest absolute Gasteiger partial charge is 0.390 e. The molecule has 1 fully saturated rings. The Morgan fingerprint density at radius 1 is 1.50 bits per heavy atom.